The van der Waals surface area contributed by atoms with E-state index < -0.39 is 0 Å². The number of rotatable bonds is 2. The molecule has 28 heavy (non-hydrogen) atoms. The first kappa shape index (κ1) is 17.4. The zero-order valence-electron chi connectivity index (χ0n) is 16.1. The lowest BCUT2D eigenvalue weighted by Crippen LogP contribution is -2.33. The normalized spacial score (nSPS) is 16.1. The number of nitrogens with zero attached hydrogens (tertiary/aromatic N) is 7. The first-order valence-corrected chi connectivity index (χ1v) is 10.0. The molecule has 0 spiro atoms. The highest BCUT2D eigenvalue weighted by molar-refractivity contribution is 6.30. The molecule has 0 bridgehead atoms. The summed E-state index contributed by atoms with van der Waals surface area (Å²) in [6.07, 6.45) is 5.84. The van der Waals surface area contributed by atoms with Crippen LogP contribution in [-0.2, 0) is 19.5 Å². The second-order valence-corrected chi connectivity index (χ2v) is 7.76. The highest BCUT2D eigenvalue weighted by Gasteiger charge is 2.24. The highest BCUT2D eigenvalue weighted by atomic mass is 35.5. The van der Waals surface area contributed by atoms with Crippen molar-refractivity contribution in [3.8, 4) is 0 Å². The fourth-order valence-corrected chi connectivity index (χ4v) is 4.32. The maximum Gasteiger partial charge on any atom is 0.137 e. The monoisotopic (exact) mass is 395 g/mol. The minimum absolute atomic E-state index is 0.529. The number of hydrogen-bond acceptors (Lipinski definition) is 6. The number of anilines is 3. The van der Waals surface area contributed by atoms with Crippen LogP contribution in [0.25, 0.3) is 0 Å². The lowest BCUT2D eigenvalue weighted by molar-refractivity contribution is 0.541. The molecule has 3 aromatic heterocycles. The van der Waals surface area contributed by atoms with Gasteiger partial charge in [-0.3, -0.25) is 4.98 Å². The Labute approximate surface area is 169 Å². The first-order valence-electron chi connectivity index (χ1n) is 9.63. The molecule has 0 aliphatic carbocycles. The van der Waals surface area contributed by atoms with Crippen LogP contribution in [0.4, 0.5) is 17.3 Å². The third-order valence-electron chi connectivity index (χ3n) is 5.53. The number of fused-ring (bicyclic) bond motifs is 2. The summed E-state index contributed by atoms with van der Waals surface area (Å²) < 4.78 is 2.06. The van der Waals surface area contributed by atoms with E-state index in [1.165, 1.54) is 11.3 Å². The fraction of sp³-hybridized carbons (Fsp3) is 0.400. The summed E-state index contributed by atoms with van der Waals surface area (Å²) in [6, 6.07) is 4.34. The molecule has 0 amide bonds. The molecule has 8 heteroatoms. The van der Waals surface area contributed by atoms with Crippen molar-refractivity contribution in [3.05, 3.63) is 52.3 Å². The van der Waals surface area contributed by atoms with Gasteiger partial charge in [0.05, 0.1) is 18.1 Å². The van der Waals surface area contributed by atoms with Crippen LogP contribution in [0, 0.1) is 13.8 Å². The Morgan fingerprint density at radius 3 is 2.89 bits per heavy atom. The molecule has 0 radical (unpaired) electrons. The van der Waals surface area contributed by atoms with Crippen LogP contribution in [0.15, 0.2) is 24.5 Å². The zero-order valence-corrected chi connectivity index (χ0v) is 16.8. The molecule has 5 heterocycles. The van der Waals surface area contributed by atoms with Gasteiger partial charge in [0.1, 0.15) is 22.6 Å². The standard InChI is InChI=1S/C20H22ClN7/c1-13-19(21)24-14(2)25-20(13)26-9-5-17-15(12-26)10-16(11-22-17)27-7-3-8-28-18(27)4-6-23-28/h4,6,10-11H,3,5,7-9,12H2,1-2H3. The van der Waals surface area contributed by atoms with E-state index in [1.54, 1.807) is 0 Å². The predicted molar refractivity (Wildman–Crippen MR) is 109 cm³/mol. The van der Waals surface area contributed by atoms with Gasteiger partial charge in [-0.1, -0.05) is 11.6 Å². The average molecular weight is 396 g/mol. The van der Waals surface area contributed by atoms with Gasteiger partial charge in [0, 0.05) is 49.9 Å². The molecule has 0 fully saturated rings. The molecule has 0 saturated carbocycles. The van der Waals surface area contributed by atoms with Gasteiger partial charge >= 0.3 is 0 Å². The maximum atomic E-state index is 6.30. The zero-order chi connectivity index (χ0) is 19.3. The van der Waals surface area contributed by atoms with Crippen molar-refractivity contribution in [3.63, 3.8) is 0 Å². The van der Waals surface area contributed by atoms with Gasteiger partial charge in [-0.2, -0.15) is 5.10 Å². The quantitative estimate of drug-likeness (QED) is 0.619. The van der Waals surface area contributed by atoms with Gasteiger partial charge in [0.15, 0.2) is 0 Å². The lowest BCUT2D eigenvalue weighted by Gasteiger charge is -2.33. The van der Waals surface area contributed by atoms with E-state index in [-0.39, 0.29) is 0 Å². The summed E-state index contributed by atoms with van der Waals surface area (Å²) in [7, 11) is 0. The van der Waals surface area contributed by atoms with Crippen LogP contribution in [0.1, 0.15) is 29.1 Å². The van der Waals surface area contributed by atoms with E-state index in [9.17, 15) is 0 Å². The summed E-state index contributed by atoms with van der Waals surface area (Å²) >= 11 is 6.30. The van der Waals surface area contributed by atoms with Gasteiger partial charge in [-0.15, -0.1) is 0 Å². The Kier molecular flexibility index (Phi) is 4.19. The summed E-state index contributed by atoms with van der Waals surface area (Å²) in [5.41, 5.74) is 4.46. The Hall–Kier alpha value is -2.67. The molecule has 0 saturated heterocycles. The lowest BCUT2D eigenvalue weighted by atomic mass is 10.0. The molecule has 3 aromatic rings. The molecular weight excluding hydrogens is 374 g/mol. The van der Waals surface area contributed by atoms with Gasteiger partial charge in [-0.05, 0) is 31.9 Å². The third kappa shape index (κ3) is 2.90. The molecule has 0 atom stereocenters. The van der Waals surface area contributed by atoms with E-state index >= 15 is 0 Å². The molecule has 7 nitrogen and oxygen atoms in total. The molecular formula is C20H22ClN7. The van der Waals surface area contributed by atoms with Crippen LogP contribution in [-0.4, -0.2) is 37.8 Å². The summed E-state index contributed by atoms with van der Waals surface area (Å²) in [6.45, 7) is 7.47. The first-order chi connectivity index (χ1) is 13.6. The number of aryl methyl sites for hydroxylation is 2. The molecule has 0 N–H and O–H groups in total. The SMILES string of the molecule is Cc1nc(Cl)c(C)c(N2CCc3ncc(N4CCCn5nccc54)cc3C2)n1. The van der Waals surface area contributed by atoms with Crippen molar-refractivity contribution >= 4 is 28.9 Å². The van der Waals surface area contributed by atoms with Crippen molar-refractivity contribution < 1.29 is 0 Å². The van der Waals surface area contributed by atoms with E-state index in [2.05, 4.69) is 41.7 Å². The number of pyridine rings is 1. The number of hydrogen-bond donors (Lipinski definition) is 0. The Morgan fingerprint density at radius 1 is 1.11 bits per heavy atom. The van der Waals surface area contributed by atoms with Crippen LogP contribution < -0.4 is 9.80 Å². The number of aromatic nitrogens is 5. The van der Waals surface area contributed by atoms with Crippen LogP contribution >= 0.6 is 11.6 Å². The smallest absolute Gasteiger partial charge is 0.137 e. The van der Waals surface area contributed by atoms with Gasteiger partial charge in [-0.25, -0.2) is 14.6 Å². The van der Waals surface area contributed by atoms with E-state index in [0.717, 1.165) is 61.9 Å². The van der Waals surface area contributed by atoms with E-state index in [0.29, 0.717) is 11.0 Å². The Bertz CT molecular complexity index is 1050. The largest absolute Gasteiger partial charge is 0.351 e. The van der Waals surface area contributed by atoms with Crippen LogP contribution in [0.3, 0.4) is 0 Å². The predicted octanol–water partition coefficient (Wildman–Crippen LogP) is 3.44. The molecule has 5 rings (SSSR count). The molecule has 2 aliphatic rings. The second kappa shape index (κ2) is 6.74. The Morgan fingerprint density at radius 2 is 2.00 bits per heavy atom. The summed E-state index contributed by atoms with van der Waals surface area (Å²) in [5.74, 6) is 2.75. The topological polar surface area (TPSA) is 63.0 Å². The van der Waals surface area contributed by atoms with Gasteiger partial charge in [0.2, 0.25) is 0 Å². The average Bonchev–Trinajstić information content (AvgIpc) is 3.19. The molecule has 0 aromatic carbocycles. The maximum absolute atomic E-state index is 6.30. The van der Waals surface area contributed by atoms with Crippen molar-refractivity contribution in [1.29, 1.82) is 0 Å². The molecule has 144 valence electrons. The van der Waals surface area contributed by atoms with Gasteiger partial charge in [0.25, 0.3) is 0 Å². The molecule has 0 unspecified atom stereocenters. The molecule has 2 aliphatic heterocycles. The second-order valence-electron chi connectivity index (χ2n) is 7.40. The van der Waals surface area contributed by atoms with Crippen molar-refractivity contribution in [1.82, 2.24) is 24.7 Å². The van der Waals surface area contributed by atoms with Crippen molar-refractivity contribution in [2.75, 3.05) is 22.9 Å². The highest BCUT2D eigenvalue weighted by Crippen LogP contribution is 2.32. The van der Waals surface area contributed by atoms with Gasteiger partial charge < -0.3 is 9.80 Å². The summed E-state index contributed by atoms with van der Waals surface area (Å²) in [5, 5.41) is 4.95. The van der Waals surface area contributed by atoms with Crippen LogP contribution in [0.5, 0.6) is 0 Å². The van der Waals surface area contributed by atoms with E-state index in [1.807, 2.05) is 26.2 Å². The van der Waals surface area contributed by atoms with E-state index in [4.69, 9.17) is 16.6 Å². The minimum atomic E-state index is 0.529. The minimum Gasteiger partial charge on any atom is -0.351 e. The third-order valence-corrected chi connectivity index (χ3v) is 5.90. The Balaban J connectivity index is 1.48. The fourth-order valence-electron chi connectivity index (χ4n) is 4.11. The number of halogens is 1. The van der Waals surface area contributed by atoms with Crippen molar-refractivity contribution in [2.45, 2.75) is 39.8 Å². The van der Waals surface area contributed by atoms with Crippen molar-refractivity contribution in [2.24, 2.45) is 0 Å². The van der Waals surface area contributed by atoms with Crippen LogP contribution in [0.2, 0.25) is 5.15 Å². The summed E-state index contributed by atoms with van der Waals surface area (Å²) in [4.78, 5) is 18.3.